The van der Waals surface area contributed by atoms with E-state index in [1.165, 1.54) is 0 Å². The van der Waals surface area contributed by atoms with Gasteiger partial charge in [-0.05, 0) is 49.9 Å². The minimum atomic E-state index is -3.58. The van der Waals surface area contributed by atoms with E-state index in [1.807, 2.05) is 6.92 Å². The molecule has 108 valence electrons. The average Bonchev–Trinajstić information content (AvgIpc) is 2.33. The summed E-state index contributed by atoms with van der Waals surface area (Å²) in [6, 6.07) is 3.35. The number of aliphatic hydroxyl groups is 1. The van der Waals surface area contributed by atoms with E-state index in [0.717, 1.165) is 5.56 Å². The highest BCUT2D eigenvalue weighted by atomic mass is 32.2. The van der Waals surface area contributed by atoms with Gasteiger partial charge in [0.15, 0.2) is 0 Å². The smallest absolute Gasteiger partial charge is 0.240 e. The number of nitrogen functional groups attached to an aromatic ring is 1. The average molecular weight is 286 g/mol. The minimum absolute atomic E-state index is 0.205. The molecular formula is C13H22N2O3S. The predicted octanol–water partition coefficient (Wildman–Crippen LogP) is 1.32. The third-order valence-corrected chi connectivity index (χ3v) is 4.66. The summed E-state index contributed by atoms with van der Waals surface area (Å²) in [7, 11) is -3.58. The zero-order valence-electron chi connectivity index (χ0n) is 11.6. The fraction of sp³-hybridized carbons (Fsp3) is 0.538. The van der Waals surface area contributed by atoms with Crippen LogP contribution in [0.25, 0.3) is 0 Å². The predicted molar refractivity (Wildman–Crippen MR) is 76.4 cm³/mol. The molecule has 5 nitrogen and oxygen atoms in total. The van der Waals surface area contributed by atoms with Crippen LogP contribution in [0.2, 0.25) is 0 Å². The van der Waals surface area contributed by atoms with Crippen molar-refractivity contribution in [3.05, 3.63) is 23.3 Å². The molecule has 0 aliphatic rings. The van der Waals surface area contributed by atoms with Crippen molar-refractivity contribution in [3.8, 4) is 0 Å². The standard InChI is InChI=1S/C13H22N2O3S/c1-4-11(16)5-6-15-19(17,18)13-8-9(2)7-12(14)10(13)3/h7-8,11,15-16H,4-6,14H2,1-3H3. The maximum Gasteiger partial charge on any atom is 0.240 e. The maximum absolute atomic E-state index is 12.2. The lowest BCUT2D eigenvalue weighted by Gasteiger charge is -2.13. The first kappa shape index (κ1) is 15.9. The first-order chi connectivity index (χ1) is 8.77. The Balaban J connectivity index is 2.89. The molecular weight excluding hydrogens is 264 g/mol. The van der Waals surface area contributed by atoms with Gasteiger partial charge in [-0.1, -0.05) is 6.92 Å². The fourth-order valence-corrected chi connectivity index (χ4v) is 3.18. The fourth-order valence-electron chi connectivity index (χ4n) is 1.77. The van der Waals surface area contributed by atoms with E-state index in [-0.39, 0.29) is 11.4 Å². The van der Waals surface area contributed by atoms with Crippen LogP contribution in [-0.2, 0) is 10.0 Å². The van der Waals surface area contributed by atoms with Crippen molar-refractivity contribution in [1.82, 2.24) is 4.72 Å². The summed E-state index contributed by atoms with van der Waals surface area (Å²) in [6.45, 7) is 5.55. The largest absolute Gasteiger partial charge is 0.398 e. The molecule has 1 unspecified atom stereocenters. The van der Waals surface area contributed by atoms with Gasteiger partial charge in [-0.15, -0.1) is 0 Å². The van der Waals surface area contributed by atoms with Crippen molar-refractivity contribution in [2.75, 3.05) is 12.3 Å². The van der Waals surface area contributed by atoms with Crippen LogP contribution in [0.3, 0.4) is 0 Å². The molecule has 0 amide bonds. The van der Waals surface area contributed by atoms with E-state index in [9.17, 15) is 13.5 Å². The molecule has 0 saturated carbocycles. The summed E-state index contributed by atoms with van der Waals surface area (Å²) in [5.41, 5.74) is 7.60. The van der Waals surface area contributed by atoms with Crippen LogP contribution >= 0.6 is 0 Å². The minimum Gasteiger partial charge on any atom is -0.398 e. The molecule has 0 spiro atoms. The molecule has 0 heterocycles. The Bertz CT molecular complexity index is 541. The molecule has 1 aromatic rings. The van der Waals surface area contributed by atoms with Crippen LogP contribution in [0.4, 0.5) is 5.69 Å². The van der Waals surface area contributed by atoms with E-state index >= 15 is 0 Å². The van der Waals surface area contributed by atoms with Gasteiger partial charge in [0.2, 0.25) is 10.0 Å². The van der Waals surface area contributed by atoms with Gasteiger partial charge >= 0.3 is 0 Å². The lowest BCUT2D eigenvalue weighted by molar-refractivity contribution is 0.162. The third kappa shape index (κ3) is 4.19. The highest BCUT2D eigenvalue weighted by Crippen LogP contribution is 2.22. The number of aryl methyl sites for hydroxylation is 1. The van der Waals surface area contributed by atoms with Crippen LogP contribution in [0.5, 0.6) is 0 Å². The van der Waals surface area contributed by atoms with Crippen molar-refractivity contribution in [1.29, 1.82) is 0 Å². The number of rotatable bonds is 6. The van der Waals surface area contributed by atoms with Crippen molar-refractivity contribution in [2.45, 2.75) is 44.6 Å². The van der Waals surface area contributed by atoms with Gasteiger partial charge in [0.1, 0.15) is 0 Å². The quantitative estimate of drug-likeness (QED) is 0.688. The first-order valence-electron chi connectivity index (χ1n) is 6.32. The van der Waals surface area contributed by atoms with E-state index < -0.39 is 16.1 Å². The number of nitrogens with two attached hydrogens (primary N) is 1. The number of hydrogen-bond donors (Lipinski definition) is 3. The molecule has 19 heavy (non-hydrogen) atoms. The van der Waals surface area contributed by atoms with Crippen LogP contribution in [-0.4, -0.2) is 26.2 Å². The summed E-state index contributed by atoms with van der Waals surface area (Å²) >= 11 is 0. The van der Waals surface area contributed by atoms with Crippen molar-refractivity contribution in [3.63, 3.8) is 0 Å². The van der Waals surface area contributed by atoms with E-state index in [4.69, 9.17) is 5.73 Å². The lowest BCUT2D eigenvalue weighted by Crippen LogP contribution is -2.28. The number of hydrogen-bond acceptors (Lipinski definition) is 4. The number of sulfonamides is 1. The van der Waals surface area contributed by atoms with Crippen molar-refractivity contribution < 1.29 is 13.5 Å². The van der Waals surface area contributed by atoms with Gasteiger partial charge in [0.05, 0.1) is 11.0 Å². The molecule has 0 aliphatic heterocycles. The second-order valence-corrected chi connectivity index (χ2v) is 6.46. The third-order valence-electron chi connectivity index (χ3n) is 3.07. The van der Waals surface area contributed by atoms with Crippen molar-refractivity contribution in [2.24, 2.45) is 0 Å². The molecule has 4 N–H and O–H groups in total. The molecule has 0 bridgehead atoms. The van der Waals surface area contributed by atoms with Gasteiger partial charge in [-0.3, -0.25) is 0 Å². The second kappa shape index (κ2) is 6.36. The Hall–Kier alpha value is -1.11. The first-order valence-corrected chi connectivity index (χ1v) is 7.80. The highest BCUT2D eigenvalue weighted by molar-refractivity contribution is 7.89. The van der Waals surface area contributed by atoms with Crippen LogP contribution in [0, 0.1) is 13.8 Å². The summed E-state index contributed by atoms with van der Waals surface area (Å²) in [6.07, 6.45) is 0.528. The number of anilines is 1. The Morgan fingerprint density at radius 3 is 2.58 bits per heavy atom. The summed E-state index contributed by atoms with van der Waals surface area (Å²) in [5.74, 6) is 0. The van der Waals surface area contributed by atoms with Gasteiger partial charge in [0.25, 0.3) is 0 Å². The number of nitrogens with one attached hydrogen (secondary N) is 1. The SMILES string of the molecule is CCC(O)CCNS(=O)(=O)c1cc(C)cc(N)c1C. The van der Waals surface area contributed by atoms with E-state index in [2.05, 4.69) is 4.72 Å². The normalized spacial score (nSPS) is 13.5. The van der Waals surface area contributed by atoms with Gasteiger partial charge in [-0.2, -0.15) is 0 Å². The maximum atomic E-state index is 12.2. The summed E-state index contributed by atoms with van der Waals surface area (Å²) in [4.78, 5) is 0.205. The number of benzene rings is 1. The van der Waals surface area contributed by atoms with Gasteiger partial charge < -0.3 is 10.8 Å². The lowest BCUT2D eigenvalue weighted by atomic mass is 10.1. The van der Waals surface area contributed by atoms with Crippen LogP contribution in [0.1, 0.15) is 30.9 Å². The topological polar surface area (TPSA) is 92.4 Å². The molecule has 1 atom stereocenters. The molecule has 1 aromatic carbocycles. The van der Waals surface area contributed by atoms with Crippen molar-refractivity contribution >= 4 is 15.7 Å². The van der Waals surface area contributed by atoms with Crippen LogP contribution < -0.4 is 10.5 Å². The highest BCUT2D eigenvalue weighted by Gasteiger charge is 2.18. The monoisotopic (exact) mass is 286 g/mol. The molecule has 0 fully saturated rings. The van der Waals surface area contributed by atoms with E-state index in [0.29, 0.717) is 24.1 Å². The molecule has 0 aliphatic carbocycles. The zero-order valence-corrected chi connectivity index (χ0v) is 12.4. The molecule has 6 heteroatoms. The Morgan fingerprint density at radius 1 is 1.37 bits per heavy atom. The molecule has 1 rings (SSSR count). The summed E-state index contributed by atoms with van der Waals surface area (Å²) < 4.78 is 26.9. The van der Waals surface area contributed by atoms with Gasteiger partial charge in [-0.25, -0.2) is 13.1 Å². The summed E-state index contributed by atoms with van der Waals surface area (Å²) in [5, 5.41) is 9.41. The van der Waals surface area contributed by atoms with Crippen LogP contribution in [0.15, 0.2) is 17.0 Å². The molecule has 0 radical (unpaired) electrons. The number of aliphatic hydroxyl groups excluding tert-OH is 1. The Labute approximate surface area is 114 Å². The zero-order chi connectivity index (χ0) is 14.6. The Kier molecular flexibility index (Phi) is 5.34. The second-order valence-electron chi connectivity index (χ2n) is 4.73. The van der Waals surface area contributed by atoms with Gasteiger partial charge in [0, 0.05) is 12.2 Å². The Morgan fingerprint density at radius 2 is 2.00 bits per heavy atom. The molecule has 0 aromatic heterocycles. The van der Waals surface area contributed by atoms with E-state index in [1.54, 1.807) is 26.0 Å². The molecule has 0 saturated heterocycles.